The molecule has 0 amide bonds. The van der Waals surface area contributed by atoms with E-state index in [4.69, 9.17) is 0 Å². The Morgan fingerprint density at radius 3 is 2.14 bits per heavy atom. The Labute approximate surface area is 39.8 Å². The van der Waals surface area contributed by atoms with E-state index in [1.54, 1.807) is 0 Å². The van der Waals surface area contributed by atoms with Crippen molar-refractivity contribution in [3.8, 4) is 0 Å². The lowest BCUT2D eigenvalue weighted by Crippen LogP contribution is -2.08. The first-order chi connectivity index (χ1) is 3.39. The quantitative estimate of drug-likeness (QED) is 0.434. The molecule has 1 aromatic rings. The van der Waals surface area contributed by atoms with E-state index in [1.807, 2.05) is 0 Å². The normalized spacial score (nSPS) is 8.57. The molecule has 36 valence electrons. The van der Waals surface area contributed by atoms with Gasteiger partial charge in [0, 0.05) is 4.91 Å². The highest BCUT2D eigenvalue weighted by Gasteiger charge is 1.81. The molecule has 1 rings (SSSR count). The van der Waals surface area contributed by atoms with Gasteiger partial charge in [0.2, 0.25) is 0 Å². The first kappa shape index (κ1) is 4.05. The van der Waals surface area contributed by atoms with Crippen LogP contribution in [0.1, 0.15) is 0 Å². The molecule has 7 heavy (non-hydrogen) atoms. The summed E-state index contributed by atoms with van der Waals surface area (Å²) in [6.45, 7) is 0. The van der Waals surface area contributed by atoms with Gasteiger partial charge in [0.25, 0.3) is 12.4 Å². The summed E-state index contributed by atoms with van der Waals surface area (Å²) in [4.78, 5) is 10.1. The van der Waals surface area contributed by atoms with Gasteiger partial charge in [-0.15, -0.1) is 0 Å². The zero-order valence-corrected chi connectivity index (χ0v) is 3.57. The minimum absolute atomic E-state index is 0.656. The number of hydrogen-bond acceptors (Lipinski definition) is 2. The smallest absolute Gasteiger partial charge is 0.262 e. The van der Waals surface area contributed by atoms with Crippen molar-refractivity contribution >= 4 is 0 Å². The van der Waals surface area contributed by atoms with Crippen LogP contribution in [0.25, 0.3) is 0 Å². The molecular formula is C4H4NO2+. The molecule has 0 unspecified atom stereocenters. The van der Waals surface area contributed by atoms with Gasteiger partial charge in [0.15, 0.2) is 12.5 Å². The third-order valence-corrected chi connectivity index (χ3v) is 0.573. The lowest BCUT2D eigenvalue weighted by atomic mass is 10.8. The highest BCUT2D eigenvalue weighted by atomic mass is 16.3. The van der Waals surface area contributed by atoms with Crippen molar-refractivity contribution in [1.29, 1.82) is 0 Å². The van der Waals surface area contributed by atoms with Crippen LogP contribution in [-0.2, 0) is 0 Å². The van der Waals surface area contributed by atoms with Crippen LogP contribution in [0.2, 0.25) is 0 Å². The zero-order chi connectivity index (χ0) is 5.11. The predicted octanol–water partition coefficient (Wildman–Crippen LogP) is 0.194. The van der Waals surface area contributed by atoms with E-state index in [2.05, 4.69) is 4.42 Å². The van der Waals surface area contributed by atoms with Gasteiger partial charge in [0.1, 0.15) is 0 Å². The standard InChI is InChI=1S/C4H4NO2/c6-5-1-3-7-4-2-5/h1-4H/q+1. The maximum Gasteiger partial charge on any atom is 0.262 e. The third kappa shape index (κ3) is 0.855. The first-order valence-electron chi connectivity index (χ1n) is 1.84. The van der Waals surface area contributed by atoms with Crippen molar-refractivity contribution in [1.82, 2.24) is 0 Å². The van der Waals surface area contributed by atoms with Crippen molar-refractivity contribution in [3.63, 3.8) is 0 Å². The van der Waals surface area contributed by atoms with Gasteiger partial charge in [-0.1, -0.05) is 0 Å². The summed E-state index contributed by atoms with van der Waals surface area (Å²) in [6, 6.07) is 0. The van der Waals surface area contributed by atoms with Gasteiger partial charge < -0.3 is 4.42 Å². The van der Waals surface area contributed by atoms with E-state index in [-0.39, 0.29) is 0 Å². The van der Waals surface area contributed by atoms with Crippen molar-refractivity contribution in [2.24, 2.45) is 0 Å². The summed E-state index contributed by atoms with van der Waals surface area (Å²) in [5.74, 6) is 0. The number of rotatable bonds is 0. The maximum atomic E-state index is 10.1. The van der Waals surface area contributed by atoms with Crippen molar-refractivity contribution < 1.29 is 8.84 Å². The molecule has 1 heterocycles. The van der Waals surface area contributed by atoms with Gasteiger partial charge in [-0.3, -0.25) is 0 Å². The molecule has 0 N–H and O–H groups in total. The zero-order valence-electron chi connectivity index (χ0n) is 3.57. The van der Waals surface area contributed by atoms with Crippen LogP contribution >= 0.6 is 0 Å². The predicted molar refractivity (Wildman–Crippen MR) is 22.1 cm³/mol. The molecule has 0 saturated carbocycles. The van der Waals surface area contributed by atoms with Gasteiger partial charge in [-0.05, 0) is 0 Å². The molecule has 0 aliphatic rings. The summed E-state index contributed by atoms with van der Waals surface area (Å²) in [6.07, 6.45) is 5.18. The lowest BCUT2D eigenvalue weighted by Gasteiger charge is -1.65. The second-order valence-electron chi connectivity index (χ2n) is 1.07. The Balaban J connectivity index is 3.28. The monoisotopic (exact) mass is 98.0 g/mol. The van der Waals surface area contributed by atoms with Gasteiger partial charge in [0.05, 0.1) is 4.43 Å². The Bertz CT molecular complexity index is 175. The summed E-state index contributed by atoms with van der Waals surface area (Å²) < 4.78 is 5.19. The fourth-order valence-electron chi connectivity index (χ4n) is 0.285. The molecule has 0 spiro atoms. The highest BCUT2D eigenvalue weighted by Crippen LogP contribution is 1.69. The molecule has 0 aromatic carbocycles. The molecule has 0 saturated heterocycles. The molecule has 1 aromatic heterocycles. The number of nitrogens with zero attached hydrogens (tertiary/aromatic N) is 1. The Morgan fingerprint density at radius 2 is 1.86 bits per heavy atom. The van der Waals surface area contributed by atoms with Crippen molar-refractivity contribution in [2.75, 3.05) is 0 Å². The van der Waals surface area contributed by atoms with Crippen molar-refractivity contribution in [2.45, 2.75) is 0 Å². The van der Waals surface area contributed by atoms with Crippen LogP contribution in [0, 0.1) is 4.91 Å². The van der Waals surface area contributed by atoms with Crippen LogP contribution in [0.15, 0.2) is 29.3 Å². The summed E-state index contributed by atoms with van der Waals surface area (Å²) >= 11 is 0. The van der Waals surface area contributed by atoms with Crippen LogP contribution in [0.4, 0.5) is 0 Å². The Kier molecular flexibility index (Phi) is 0.898. The van der Waals surface area contributed by atoms with E-state index < -0.39 is 0 Å². The van der Waals surface area contributed by atoms with Gasteiger partial charge >= 0.3 is 0 Å². The molecule has 0 fully saturated rings. The molecule has 0 radical (unpaired) electrons. The number of hydrogen-bond donors (Lipinski definition) is 0. The van der Waals surface area contributed by atoms with E-state index in [0.29, 0.717) is 4.43 Å². The van der Waals surface area contributed by atoms with Gasteiger partial charge in [-0.25, -0.2) is 0 Å². The minimum atomic E-state index is 0.656. The number of aromatic nitrogens is 1. The van der Waals surface area contributed by atoms with E-state index in [9.17, 15) is 4.91 Å². The van der Waals surface area contributed by atoms with Crippen LogP contribution in [0.3, 0.4) is 0 Å². The minimum Gasteiger partial charge on any atom is -0.460 e. The summed E-state index contributed by atoms with van der Waals surface area (Å²) in [5, 5.41) is 0. The second kappa shape index (κ2) is 1.55. The molecule has 0 aliphatic heterocycles. The topological polar surface area (TPSA) is 36.1 Å². The van der Waals surface area contributed by atoms with Crippen LogP contribution in [-0.4, -0.2) is 0 Å². The van der Waals surface area contributed by atoms with Crippen molar-refractivity contribution in [3.05, 3.63) is 29.8 Å². The molecule has 3 nitrogen and oxygen atoms in total. The first-order valence-corrected chi connectivity index (χ1v) is 1.84. The highest BCUT2D eigenvalue weighted by molar-refractivity contribution is 4.53. The fourth-order valence-corrected chi connectivity index (χ4v) is 0.285. The van der Waals surface area contributed by atoms with Crippen LogP contribution in [0.5, 0.6) is 0 Å². The fraction of sp³-hybridized carbons (Fsp3) is 0. The summed E-state index contributed by atoms with van der Waals surface area (Å²) in [7, 11) is 0. The summed E-state index contributed by atoms with van der Waals surface area (Å²) in [5.41, 5.74) is 0. The maximum absolute atomic E-state index is 10.1. The Hall–Kier alpha value is -1.12. The lowest BCUT2D eigenvalue weighted by molar-refractivity contribution is -0.497. The van der Waals surface area contributed by atoms with Gasteiger partial charge in [-0.2, -0.15) is 0 Å². The average Bonchev–Trinajstić information content (AvgIpc) is 1.69. The van der Waals surface area contributed by atoms with E-state index in [0.717, 1.165) is 0 Å². The molecular weight excluding hydrogens is 94.0 g/mol. The van der Waals surface area contributed by atoms with E-state index >= 15 is 0 Å². The second-order valence-corrected chi connectivity index (χ2v) is 1.07. The Morgan fingerprint density at radius 1 is 1.29 bits per heavy atom. The average molecular weight is 98.1 g/mol. The SMILES string of the molecule is O=[n+]1ccocc1. The largest absolute Gasteiger partial charge is 0.460 e. The molecule has 0 aliphatic carbocycles. The molecule has 0 bridgehead atoms. The molecule has 0 atom stereocenters. The van der Waals surface area contributed by atoms with E-state index in [1.165, 1.54) is 24.9 Å². The van der Waals surface area contributed by atoms with Crippen LogP contribution < -0.4 is 4.43 Å². The molecule has 3 heteroatoms. The third-order valence-electron chi connectivity index (χ3n) is 0.573.